The molecule has 3 heterocycles. The molecule has 0 aliphatic carbocycles. The smallest absolute Gasteiger partial charge is 0.163 e. The Balaban J connectivity index is 1.21. The SMILES string of the molecule is CCCCOc1cc(N2CCN(c3ccc(OCC4CO4)c(OCCCC)c3)CC2)ccc1OCC1CO1. The fraction of sp³-hybridized carbons (Fsp3) is 0.600. The van der Waals surface area contributed by atoms with Gasteiger partial charge in [-0.05, 0) is 37.1 Å². The largest absolute Gasteiger partial charge is 0.490 e. The molecule has 0 radical (unpaired) electrons. The van der Waals surface area contributed by atoms with Gasteiger partial charge >= 0.3 is 0 Å². The van der Waals surface area contributed by atoms with Gasteiger partial charge in [-0.3, -0.25) is 0 Å². The molecule has 0 saturated carbocycles. The van der Waals surface area contributed by atoms with Gasteiger partial charge in [0.2, 0.25) is 0 Å². The maximum atomic E-state index is 6.12. The number of rotatable bonds is 16. The van der Waals surface area contributed by atoms with E-state index in [0.717, 1.165) is 88.1 Å². The Hall–Kier alpha value is -2.84. The van der Waals surface area contributed by atoms with E-state index in [4.69, 9.17) is 28.4 Å². The van der Waals surface area contributed by atoms with Crippen LogP contribution < -0.4 is 28.7 Å². The number of piperazine rings is 1. The van der Waals surface area contributed by atoms with Gasteiger partial charge in [-0.2, -0.15) is 0 Å². The van der Waals surface area contributed by atoms with Crippen LogP contribution >= 0.6 is 0 Å². The van der Waals surface area contributed by atoms with E-state index in [1.54, 1.807) is 0 Å². The average molecular weight is 527 g/mol. The first kappa shape index (κ1) is 26.8. The number of ether oxygens (including phenoxy) is 6. The summed E-state index contributed by atoms with van der Waals surface area (Å²) in [7, 11) is 0. The molecule has 3 saturated heterocycles. The van der Waals surface area contributed by atoms with Crippen molar-refractivity contribution in [2.45, 2.75) is 51.7 Å². The fourth-order valence-electron chi connectivity index (χ4n) is 4.42. The average Bonchev–Trinajstić information content (AvgIpc) is 3.88. The Morgan fingerprint density at radius 1 is 0.632 bits per heavy atom. The van der Waals surface area contributed by atoms with Crippen LogP contribution in [0.15, 0.2) is 36.4 Å². The van der Waals surface area contributed by atoms with Crippen molar-refractivity contribution >= 4 is 11.4 Å². The molecular weight excluding hydrogens is 484 g/mol. The number of hydrogen-bond acceptors (Lipinski definition) is 8. The molecule has 3 aliphatic heterocycles. The van der Waals surface area contributed by atoms with Crippen molar-refractivity contribution in [3.8, 4) is 23.0 Å². The zero-order valence-electron chi connectivity index (χ0n) is 22.9. The minimum atomic E-state index is 0.219. The summed E-state index contributed by atoms with van der Waals surface area (Å²) in [5.74, 6) is 3.23. The monoisotopic (exact) mass is 526 g/mol. The standard InChI is InChI=1S/C30H42N2O6/c1-3-5-15-33-29-17-23(7-9-27(29)37-21-25-19-35-25)31-11-13-32(14-12-31)24-8-10-28(38-22-26-20-36-26)30(18-24)34-16-6-4-2/h7-10,17-18,25-26H,3-6,11-16,19-22H2,1-2H3. The first-order valence-corrected chi connectivity index (χ1v) is 14.3. The molecule has 0 amide bonds. The topological polar surface area (TPSA) is 68.5 Å². The number of hydrogen-bond donors (Lipinski definition) is 0. The van der Waals surface area contributed by atoms with Crippen molar-refractivity contribution in [2.24, 2.45) is 0 Å². The zero-order chi connectivity index (χ0) is 26.2. The van der Waals surface area contributed by atoms with Crippen LogP contribution in [0.2, 0.25) is 0 Å². The Bertz CT molecular complexity index is 936. The third kappa shape index (κ3) is 7.60. The predicted octanol–water partition coefficient (Wildman–Crippen LogP) is 4.93. The van der Waals surface area contributed by atoms with Crippen molar-refractivity contribution in [3.63, 3.8) is 0 Å². The molecule has 2 aromatic rings. The highest BCUT2D eigenvalue weighted by Gasteiger charge is 2.26. The normalized spacial score (nSPS) is 20.3. The Kier molecular flexibility index (Phi) is 9.36. The summed E-state index contributed by atoms with van der Waals surface area (Å²) in [6, 6.07) is 12.6. The summed E-state index contributed by atoms with van der Waals surface area (Å²) >= 11 is 0. The molecule has 8 heteroatoms. The molecule has 0 N–H and O–H groups in total. The molecule has 38 heavy (non-hydrogen) atoms. The lowest BCUT2D eigenvalue weighted by Crippen LogP contribution is -2.46. The summed E-state index contributed by atoms with van der Waals surface area (Å²) in [6.07, 6.45) is 4.68. The molecular formula is C30H42N2O6. The van der Waals surface area contributed by atoms with E-state index in [2.05, 4.69) is 47.9 Å². The predicted molar refractivity (Wildman–Crippen MR) is 149 cm³/mol. The fourth-order valence-corrected chi connectivity index (χ4v) is 4.42. The van der Waals surface area contributed by atoms with Crippen LogP contribution in [0.4, 0.5) is 11.4 Å². The number of anilines is 2. The van der Waals surface area contributed by atoms with Crippen molar-refractivity contribution in [1.82, 2.24) is 0 Å². The van der Waals surface area contributed by atoms with Crippen molar-refractivity contribution < 1.29 is 28.4 Å². The number of nitrogens with zero attached hydrogens (tertiary/aromatic N) is 2. The van der Waals surface area contributed by atoms with E-state index in [1.807, 2.05) is 12.1 Å². The molecule has 2 aromatic carbocycles. The highest BCUT2D eigenvalue weighted by atomic mass is 16.6. The lowest BCUT2D eigenvalue weighted by molar-refractivity contribution is 0.240. The van der Waals surface area contributed by atoms with Crippen LogP contribution in [0.1, 0.15) is 39.5 Å². The maximum Gasteiger partial charge on any atom is 0.163 e. The van der Waals surface area contributed by atoms with Crippen molar-refractivity contribution in [2.75, 3.05) is 75.6 Å². The second kappa shape index (κ2) is 13.3. The third-order valence-electron chi connectivity index (χ3n) is 7.03. The van der Waals surface area contributed by atoms with E-state index in [9.17, 15) is 0 Å². The van der Waals surface area contributed by atoms with Gasteiger partial charge in [-0.15, -0.1) is 0 Å². The Morgan fingerprint density at radius 3 is 1.42 bits per heavy atom. The number of epoxide rings is 2. The van der Waals surface area contributed by atoms with Gasteiger partial charge in [0.05, 0.1) is 26.4 Å². The van der Waals surface area contributed by atoms with Gasteiger partial charge in [0.1, 0.15) is 25.4 Å². The highest BCUT2D eigenvalue weighted by Crippen LogP contribution is 2.36. The van der Waals surface area contributed by atoms with Crippen LogP contribution in [-0.4, -0.2) is 78.0 Å². The van der Waals surface area contributed by atoms with Gasteiger partial charge in [-0.1, -0.05) is 26.7 Å². The van der Waals surface area contributed by atoms with Gasteiger partial charge in [-0.25, -0.2) is 0 Å². The minimum absolute atomic E-state index is 0.219. The number of unbranched alkanes of at least 4 members (excludes halogenated alkanes) is 2. The molecule has 0 spiro atoms. The van der Waals surface area contributed by atoms with E-state index < -0.39 is 0 Å². The zero-order valence-corrected chi connectivity index (χ0v) is 22.9. The highest BCUT2D eigenvalue weighted by molar-refractivity contribution is 5.60. The molecule has 2 atom stereocenters. The van der Waals surface area contributed by atoms with E-state index >= 15 is 0 Å². The van der Waals surface area contributed by atoms with Crippen molar-refractivity contribution in [1.29, 1.82) is 0 Å². The Labute approximate surface area is 226 Å². The molecule has 8 nitrogen and oxygen atoms in total. The van der Waals surface area contributed by atoms with Crippen LogP contribution in [0, 0.1) is 0 Å². The van der Waals surface area contributed by atoms with E-state index in [1.165, 1.54) is 11.4 Å². The molecule has 3 aliphatic rings. The molecule has 2 unspecified atom stereocenters. The second-order valence-corrected chi connectivity index (χ2v) is 10.2. The molecule has 3 fully saturated rings. The summed E-state index contributed by atoms with van der Waals surface area (Å²) in [4.78, 5) is 4.84. The van der Waals surface area contributed by atoms with Gasteiger partial charge in [0.15, 0.2) is 23.0 Å². The lowest BCUT2D eigenvalue weighted by Gasteiger charge is -2.37. The lowest BCUT2D eigenvalue weighted by atomic mass is 10.2. The van der Waals surface area contributed by atoms with Crippen LogP contribution in [0.3, 0.4) is 0 Å². The summed E-state index contributed by atoms with van der Waals surface area (Å²) in [5.41, 5.74) is 2.33. The number of benzene rings is 2. The van der Waals surface area contributed by atoms with E-state index in [-0.39, 0.29) is 12.2 Å². The van der Waals surface area contributed by atoms with Crippen molar-refractivity contribution in [3.05, 3.63) is 36.4 Å². The summed E-state index contributed by atoms with van der Waals surface area (Å²) < 4.78 is 34.8. The summed E-state index contributed by atoms with van der Waals surface area (Å²) in [5, 5.41) is 0. The maximum absolute atomic E-state index is 6.12. The van der Waals surface area contributed by atoms with Crippen LogP contribution in [-0.2, 0) is 9.47 Å². The second-order valence-electron chi connectivity index (χ2n) is 10.2. The quantitative estimate of drug-likeness (QED) is 0.225. The summed E-state index contributed by atoms with van der Waals surface area (Å²) in [6.45, 7) is 12.1. The van der Waals surface area contributed by atoms with Gasteiger partial charge in [0, 0.05) is 49.7 Å². The molecule has 0 aromatic heterocycles. The third-order valence-corrected chi connectivity index (χ3v) is 7.03. The van der Waals surface area contributed by atoms with Gasteiger partial charge in [0.25, 0.3) is 0 Å². The van der Waals surface area contributed by atoms with Crippen LogP contribution in [0.5, 0.6) is 23.0 Å². The first-order valence-electron chi connectivity index (χ1n) is 14.3. The molecule has 0 bridgehead atoms. The van der Waals surface area contributed by atoms with Gasteiger partial charge < -0.3 is 38.2 Å². The minimum Gasteiger partial charge on any atom is -0.490 e. The Morgan fingerprint density at radius 2 is 1.05 bits per heavy atom. The molecule has 208 valence electrons. The van der Waals surface area contributed by atoms with E-state index in [0.29, 0.717) is 26.4 Å². The van der Waals surface area contributed by atoms with Crippen LogP contribution in [0.25, 0.3) is 0 Å². The first-order chi connectivity index (χ1) is 18.7. The molecule has 5 rings (SSSR count).